The molecule has 0 amide bonds. The lowest BCUT2D eigenvalue weighted by Gasteiger charge is -2.47. The van der Waals surface area contributed by atoms with Crippen LogP contribution in [0.3, 0.4) is 0 Å². The predicted molar refractivity (Wildman–Crippen MR) is 119 cm³/mol. The molecule has 9 nitrogen and oxygen atoms in total. The van der Waals surface area contributed by atoms with Gasteiger partial charge in [0, 0.05) is 12.0 Å². The Bertz CT molecular complexity index is 1020. The molecule has 2 N–H and O–H groups in total. The third kappa shape index (κ3) is 4.43. The standard InChI is InChI=1S/C26H28O9/c27-16-11-17-23(24(21(16)32-17)30-12-14-7-3-1-4-8-14)35-26-20(29)19(28)22-18(33-26)13-31-25(34-22)15-9-5-2-6-10-15/h1-10,17-26,28-29H,11-13H2/t17-,18?,19-,20-,21+,22?,23-,24-,25-,26+/m1/s1. The Kier molecular flexibility index (Phi) is 6.42. The average Bonchev–Trinajstić information content (AvgIpc) is 3.43. The molecular formula is C26H28O9. The molecule has 4 heterocycles. The minimum atomic E-state index is -1.37. The first-order valence-corrected chi connectivity index (χ1v) is 11.9. The Morgan fingerprint density at radius 2 is 1.60 bits per heavy atom. The minimum absolute atomic E-state index is 0.0286. The first-order valence-electron chi connectivity index (χ1n) is 11.9. The zero-order valence-electron chi connectivity index (χ0n) is 18.9. The molecule has 0 radical (unpaired) electrons. The first kappa shape index (κ1) is 23.2. The van der Waals surface area contributed by atoms with Crippen molar-refractivity contribution >= 4 is 5.78 Å². The number of hydrogen-bond donors (Lipinski definition) is 2. The summed E-state index contributed by atoms with van der Waals surface area (Å²) >= 11 is 0. The SMILES string of the molecule is O=C1C[C@H]2O[C@@H]1[C@@H](OCc1ccccc1)[C@@H]2O[C@@H]1OC2CO[C@@H](c3ccccc3)OC2[C@H](O)[C@H]1O. The van der Waals surface area contributed by atoms with E-state index in [2.05, 4.69) is 0 Å². The summed E-state index contributed by atoms with van der Waals surface area (Å²) in [6.45, 7) is 0.447. The van der Waals surface area contributed by atoms with Gasteiger partial charge in [-0.1, -0.05) is 60.7 Å². The topological polar surface area (TPSA) is 113 Å². The van der Waals surface area contributed by atoms with E-state index in [1.807, 2.05) is 60.7 Å². The second-order valence-corrected chi connectivity index (χ2v) is 9.33. The molecule has 186 valence electrons. The van der Waals surface area contributed by atoms with Crippen molar-refractivity contribution in [1.82, 2.24) is 0 Å². The van der Waals surface area contributed by atoms with Gasteiger partial charge in [0.05, 0.1) is 19.3 Å². The smallest absolute Gasteiger partial charge is 0.187 e. The van der Waals surface area contributed by atoms with Crippen LogP contribution in [0.1, 0.15) is 23.8 Å². The molecule has 2 aromatic carbocycles. The molecule has 2 bridgehead atoms. The summed E-state index contributed by atoms with van der Waals surface area (Å²) in [4.78, 5) is 12.3. The number of aliphatic hydroxyl groups excluding tert-OH is 2. The summed E-state index contributed by atoms with van der Waals surface area (Å²) < 4.78 is 35.8. The maximum absolute atomic E-state index is 12.3. The minimum Gasteiger partial charge on any atom is -0.387 e. The maximum atomic E-state index is 12.3. The fourth-order valence-electron chi connectivity index (χ4n) is 5.20. The molecule has 0 aromatic heterocycles. The van der Waals surface area contributed by atoms with Gasteiger partial charge in [0.2, 0.25) is 0 Å². The van der Waals surface area contributed by atoms with E-state index < -0.39 is 61.4 Å². The van der Waals surface area contributed by atoms with Gasteiger partial charge in [-0.05, 0) is 5.56 Å². The summed E-state index contributed by atoms with van der Waals surface area (Å²) in [5.41, 5.74) is 1.77. The van der Waals surface area contributed by atoms with Gasteiger partial charge < -0.3 is 38.6 Å². The van der Waals surface area contributed by atoms with Crippen LogP contribution in [0.2, 0.25) is 0 Å². The van der Waals surface area contributed by atoms with Gasteiger partial charge in [-0.15, -0.1) is 0 Å². The second-order valence-electron chi connectivity index (χ2n) is 9.33. The van der Waals surface area contributed by atoms with Crippen molar-refractivity contribution in [3.63, 3.8) is 0 Å². The van der Waals surface area contributed by atoms with Crippen LogP contribution in [0.15, 0.2) is 60.7 Å². The molecule has 4 aliphatic heterocycles. The molecule has 4 fully saturated rings. The molecule has 0 aliphatic carbocycles. The number of aliphatic hydroxyl groups is 2. The van der Waals surface area contributed by atoms with E-state index in [1.54, 1.807) is 0 Å². The molecule has 2 aromatic rings. The molecule has 0 spiro atoms. The molecule has 4 aliphatic rings. The monoisotopic (exact) mass is 484 g/mol. The molecule has 10 atom stereocenters. The highest BCUT2D eigenvalue weighted by molar-refractivity contribution is 5.87. The van der Waals surface area contributed by atoms with Crippen molar-refractivity contribution < 1.29 is 43.4 Å². The van der Waals surface area contributed by atoms with Gasteiger partial charge in [0.25, 0.3) is 0 Å². The van der Waals surface area contributed by atoms with E-state index in [0.717, 1.165) is 11.1 Å². The van der Waals surface area contributed by atoms with E-state index in [-0.39, 0.29) is 25.4 Å². The zero-order valence-corrected chi connectivity index (χ0v) is 18.9. The average molecular weight is 485 g/mol. The van der Waals surface area contributed by atoms with E-state index in [1.165, 1.54) is 0 Å². The van der Waals surface area contributed by atoms with Crippen LogP contribution in [0.5, 0.6) is 0 Å². The first-order chi connectivity index (χ1) is 17.1. The molecule has 0 saturated carbocycles. The van der Waals surface area contributed by atoms with Gasteiger partial charge in [-0.25, -0.2) is 0 Å². The zero-order chi connectivity index (χ0) is 23.9. The lowest BCUT2D eigenvalue weighted by molar-refractivity contribution is -0.369. The van der Waals surface area contributed by atoms with Crippen LogP contribution in [0.4, 0.5) is 0 Å². The van der Waals surface area contributed by atoms with Gasteiger partial charge in [-0.2, -0.15) is 0 Å². The van der Waals surface area contributed by atoms with Crippen molar-refractivity contribution in [3.05, 3.63) is 71.8 Å². The molecular weight excluding hydrogens is 456 g/mol. The Morgan fingerprint density at radius 3 is 2.37 bits per heavy atom. The van der Waals surface area contributed by atoms with Crippen molar-refractivity contribution in [2.75, 3.05) is 6.61 Å². The molecule has 9 heteroatoms. The Hall–Kier alpha value is -2.21. The van der Waals surface area contributed by atoms with Crippen LogP contribution in [0, 0.1) is 0 Å². The highest BCUT2D eigenvalue weighted by atomic mass is 16.8. The normalized spacial score (nSPS) is 40.6. The van der Waals surface area contributed by atoms with Crippen LogP contribution < -0.4 is 0 Å². The van der Waals surface area contributed by atoms with Crippen LogP contribution in [-0.2, 0) is 39.8 Å². The van der Waals surface area contributed by atoms with Gasteiger partial charge >= 0.3 is 0 Å². The number of carbonyl (C=O) groups is 1. The van der Waals surface area contributed by atoms with Gasteiger partial charge in [-0.3, -0.25) is 4.79 Å². The number of ether oxygens (including phenoxy) is 6. The van der Waals surface area contributed by atoms with Crippen molar-refractivity contribution in [3.8, 4) is 0 Å². The molecule has 35 heavy (non-hydrogen) atoms. The van der Waals surface area contributed by atoms with E-state index >= 15 is 0 Å². The molecule has 2 unspecified atom stereocenters. The summed E-state index contributed by atoms with van der Waals surface area (Å²) in [5, 5.41) is 21.7. The van der Waals surface area contributed by atoms with E-state index in [9.17, 15) is 15.0 Å². The Morgan fingerprint density at radius 1 is 0.857 bits per heavy atom. The summed E-state index contributed by atoms with van der Waals surface area (Å²) in [6, 6.07) is 19.0. The number of carbonyl (C=O) groups excluding carboxylic acids is 1. The van der Waals surface area contributed by atoms with Gasteiger partial charge in [0.15, 0.2) is 18.4 Å². The maximum Gasteiger partial charge on any atom is 0.187 e. The predicted octanol–water partition coefficient (Wildman–Crippen LogP) is 1.26. The second kappa shape index (κ2) is 9.68. The molecule has 4 saturated heterocycles. The molecule has 6 rings (SSSR count). The number of hydrogen-bond acceptors (Lipinski definition) is 9. The van der Waals surface area contributed by atoms with E-state index in [4.69, 9.17) is 28.4 Å². The van der Waals surface area contributed by atoms with Crippen LogP contribution in [-0.4, -0.2) is 77.7 Å². The summed E-state index contributed by atoms with van der Waals surface area (Å²) in [7, 11) is 0. The number of ketones is 1. The van der Waals surface area contributed by atoms with Crippen LogP contribution in [0.25, 0.3) is 0 Å². The lowest BCUT2D eigenvalue weighted by Crippen LogP contribution is -2.63. The van der Waals surface area contributed by atoms with Crippen LogP contribution >= 0.6 is 0 Å². The number of benzene rings is 2. The Balaban J connectivity index is 1.13. The largest absolute Gasteiger partial charge is 0.387 e. The van der Waals surface area contributed by atoms with Crippen molar-refractivity contribution in [1.29, 1.82) is 0 Å². The van der Waals surface area contributed by atoms with Gasteiger partial charge in [0.1, 0.15) is 42.7 Å². The summed E-state index contributed by atoms with van der Waals surface area (Å²) in [5.74, 6) is -0.0286. The third-order valence-electron chi connectivity index (χ3n) is 7.01. The fraction of sp³-hybridized carbons (Fsp3) is 0.500. The van der Waals surface area contributed by atoms with Crippen molar-refractivity contribution in [2.24, 2.45) is 0 Å². The number of Topliss-reactive ketones (excluding diaryl/α,β-unsaturated/α-hetero) is 1. The lowest BCUT2D eigenvalue weighted by atomic mass is 9.92. The van der Waals surface area contributed by atoms with Crippen molar-refractivity contribution in [2.45, 2.75) is 74.4 Å². The highest BCUT2D eigenvalue weighted by Crippen LogP contribution is 2.40. The van der Waals surface area contributed by atoms with E-state index in [0.29, 0.717) is 0 Å². The number of fused-ring (bicyclic) bond motifs is 3. The highest BCUT2D eigenvalue weighted by Gasteiger charge is 2.58. The summed E-state index contributed by atoms with van der Waals surface area (Å²) in [6.07, 6.45) is -8.15. The quantitative estimate of drug-likeness (QED) is 0.626. The number of rotatable bonds is 6. The third-order valence-corrected chi connectivity index (χ3v) is 7.01. The fourth-order valence-corrected chi connectivity index (χ4v) is 5.20. The Labute approximate surface area is 202 Å².